The van der Waals surface area contributed by atoms with Crippen molar-refractivity contribution >= 4 is 0 Å². The molecule has 0 fully saturated rings. The van der Waals surface area contributed by atoms with Gasteiger partial charge in [0, 0.05) is 0 Å². The van der Waals surface area contributed by atoms with Crippen LogP contribution in [0.3, 0.4) is 0 Å². The molecule has 0 aliphatic heterocycles. The summed E-state index contributed by atoms with van der Waals surface area (Å²) in [5, 5.41) is 0. The number of aryl methyl sites for hydroxylation is 2. The molecule has 0 amide bonds. The van der Waals surface area contributed by atoms with Crippen molar-refractivity contribution in [3.8, 4) is 0 Å². The predicted molar refractivity (Wildman–Crippen MR) is 210 cm³/mol. The molecule has 0 aliphatic carbocycles. The molecular formula is C46H77. The molecule has 0 heteroatoms. The van der Waals surface area contributed by atoms with Gasteiger partial charge in [0.15, 0.2) is 0 Å². The van der Waals surface area contributed by atoms with E-state index in [1.165, 1.54) is 185 Å². The van der Waals surface area contributed by atoms with Crippen LogP contribution < -0.4 is 0 Å². The minimum absolute atomic E-state index is 1.17. The van der Waals surface area contributed by atoms with Gasteiger partial charge < -0.3 is 0 Å². The van der Waals surface area contributed by atoms with Crippen molar-refractivity contribution in [3.05, 3.63) is 83.0 Å². The third-order valence-electron chi connectivity index (χ3n) is 9.31. The maximum absolute atomic E-state index is 3.87. The van der Waals surface area contributed by atoms with E-state index in [9.17, 15) is 0 Å². The topological polar surface area (TPSA) is 0 Å². The molecule has 0 aliphatic rings. The van der Waals surface area contributed by atoms with Crippen LogP contribution in [0.2, 0.25) is 0 Å². The molecule has 0 saturated carbocycles. The Morgan fingerprint density at radius 1 is 0.370 bits per heavy atom. The van der Waals surface area contributed by atoms with Crippen LogP contribution in [0.1, 0.15) is 204 Å². The molecule has 0 saturated heterocycles. The number of allylic oxidation sites excluding steroid dienone is 8. The van der Waals surface area contributed by atoms with Gasteiger partial charge in [0.1, 0.15) is 0 Å². The lowest BCUT2D eigenvalue weighted by Crippen LogP contribution is -2.06. The molecule has 0 bridgehead atoms. The summed E-state index contributed by atoms with van der Waals surface area (Å²) in [6, 6.07) is 6.28. The van der Waals surface area contributed by atoms with Crippen molar-refractivity contribution in [2.75, 3.05) is 0 Å². The first-order chi connectivity index (χ1) is 22.8. The highest BCUT2D eigenvalue weighted by molar-refractivity contribution is 5.41. The fourth-order valence-electron chi connectivity index (χ4n) is 6.38. The van der Waals surface area contributed by atoms with Crippen LogP contribution >= 0.6 is 0 Å². The van der Waals surface area contributed by atoms with Crippen LogP contribution in [-0.4, -0.2) is 0 Å². The van der Waals surface area contributed by atoms with E-state index in [0.29, 0.717) is 0 Å². The van der Waals surface area contributed by atoms with Gasteiger partial charge in [-0.05, 0) is 157 Å². The summed E-state index contributed by atoms with van der Waals surface area (Å²) in [5.74, 6) is 0. The molecule has 261 valence electrons. The molecule has 0 atom stereocenters. The summed E-state index contributed by atoms with van der Waals surface area (Å²) < 4.78 is 0. The highest BCUT2D eigenvalue weighted by Gasteiger charge is 2.13. The van der Waals surface area contributed by atoms with Crippen molar-refractivity contribution in [3.63, 3.8) is 0 Å². The van der Waals surface area contributed by atoms with Crippen LogP contribution in [0.25, 0.3) is 0 Å². The van der Waals surface area contributed by atoms with Crippen molar-refractivity contribution in [1.82, 2.24) is 0 Å². The van der Waals surface area contributed by atoms with Gasteiger partial charge in [-0.2, -0.15) is 0 Å². The van der Waals surface area contributed by atoms with Gasteiger partial charge in [0.25, 0.3) is 0 Å². The molecule has 1 aromatic carbocycles. The number of hydrogen-bond donors (Lipinski definition) is 0. The summed E-state index contributed by atoms with van der Waals surface area (Å²) in [5.41, 5.74) is 6.49. The second-order valence-corrected chi connectivity index (χ2v) is 13.7. The Bertz CT molecular complexity index is 835. The first-order valence-corrected chi connectivity index (χ1v) is 20.4. The molecule has 0 nitrogen and oxygen atoms in total. The van der Waals surface area contributed by atoms with Gasteiger partial charge >= 0.3 is 0 Å². The molecule has 1 aromatic rings. The Labute approximate surface area is 289 Å². The molecule has 0 aromatic heterocycles. The zero-order chi connectivity index (χ0) is 33.2. The minimum atomic E-state index is 1.17. The van der Waals surface area contributed by atoms with Gasteiger partial charge in [0.05, 0.1) is 0 Å². The van der Waals surface area contributed by atoms with Gasteiger partial charge in [-0.15, -0.1) is 0 Å². The lowest BCUT2D eigenvalue weighted by atomic mass is 9.86. The van der Waals surface area contributed by atoms with Crippen molar-refractivity contribution in [2.45, 2.75) is 207 Å². The first-order valence-electron chi connectivity index (χ1n) is 20.4. The van der Waals surface area contributed by atoms with Crippen LogP contribution in [-0.2, 0) is 25.7 Å². The SMILES string of the molecule is CCCCC/C=C/CCCc1[c]cc(CCC/C=C/CCCCC)c(CCC/C=C/CCCCC)c1CCC/C=C/CCCCC. The van der Waals surface area contributed by atoms with E-state index in [-0.39, 0.29) is 0 Å². The maximum Gasteiger partial charge on any atom is -0.0143 e. The van der Waals surface area contributed by atoms with Gasteiger partial charge in [0.2, 0.25) is 0 Å². The quantitative estimate of drug-likeness (QED) is 0.0549. The number of rotatable bonds is 32. The fraction of sp³-hybridized carbons (Fsp3) is 0.696. The third-order valence-corrected chi connectivity index (χ3v) is 9.31. The predicted octanol–water partition coefficient (Wildman–Crippen LogP) is 15.3. The third kappa shape index (κ3) is 23.5. The Morgan fingerprint density at radius 3 is 1.09 bits per heavy atom. The number of benzene rings is 1. The smallest absolute Gasteiger partial charge is 0.0143 e. The van der Waals surface area contributed by atoms with E-state index in [1.54, 1.807) is 16.7 Å². The Hall–Kier alpha value is -1.82. The van der Waals surface area contributed by atoms with Gasteiger partial charge in [-0.3, -0.25) is 0 Å². The zero-order valence-electron chi connectivity index (χ0n) is 31.5. The molecule has 1 rings (SSSR count). The standard InChI is InChI=1S/C46H77/c1-5-9-13-17-21-25-29-33-37-43-41-42-44(38-34-30-26-22-18-14-10-6-2)46(40-36-32-28-24-20-16-12-8-4)45(43)39-35-31-27-23-19-15-11-7-3/h21-28,41H,5-20,29-40H2,1-4H3/b25-21+,26-22+,27-23+,28-24+. The molecule has 46 heavy (non-hydrogen) atoms. The highest BCUT2D eigenvalue weighted by Crippen LogP contribution is 2.27. The average Bonchev–Trinajstić information content (AvgIpc) is 3.07. The van der Waals surface area contributed by atoms with Crippen LogP contribution in [0.15, 0.2) is 54.7 Å². The summed E-state index contributed by atoms with van der Waals surface area (Å²) in [6.07, 6.45) is 55.2. The van der Waals surface area contributed by atoms with Crippen LogP contribution in [0.4, 0.5) is 0 Å². The zero-order valence-corrected chi connectivity index (χ0v) is 31.5. The number of unbranched alkanes of at least 4 members (excludes halogenated alkanes) is 16. The average molecular weight is 630 g/mol. The molecule has 1 radical (unpaired) electrons. The Morgan fingerprint density at radius 2 is 0.696 bits per heavy atom. The van der Waals surface area contributed by atoms with E-state index in [1.807, 2.05) is 0 Å². The molecule has 0 N–H and O–H groups in total. The molecule has 0 heterocycles. The van der Waals surface area contributed by atoms with Gasteiger partial charge in [-0.1, -0.05) is 134 Å². The largest absolute Gasteiger partial charge is 0.0885 e. The monoisotopic (exact) mass is 630 g/mol. The van der Waals surface area contributed by atoms with E-state index in [4.69, 9.17) is 0 Å². The Kier molecular flexibility index (Phi) is 30.4. The second kappa shape index (κ2) is 33.1. The van der Waals surface area contributed by atoms with Crippen molar-refractivity contribution in [1.29, 1.82) is 0 Å². The summed E-state index contributed by atoms with van der Waals surface area (Å²) in [6.45, 7) is 9.17. The number of hydrogen-bond acceptors (Lipinski definition) is 0. The van der Waals surface area contributed by atoms with Crippen molar-refractivity contribution < 1.29 is 0 Å². The van der Waals surface area contributed by atoms with Crippen LogP contribution in [0, 0.1) is 6.07 Å². The maximum atomic E-state index is 3.87. The van der Waals surface area contributed by atoms with E-state index < -0.39 is 0 Å². The molecular weight excluding hydrogens is 553 g/mol. The van der Waals surface area contributed by atoms with E-state index >= 15 is 0 Å². The minimum Gasteiger partial charge on any atom is -0.0885 e. The fourth-order valence-corrected chi connectivity index (χ4v) is 6.38. The van der Waals surface area contributed by atoms with Gasteiger partial charge in [-0.25, -0.2) is 0 Å². The summed E-state index contributed by atoms with van der Waals surface area (Å²) in [7, 11) is 0. The molecule has 0 unspecified atom stereocenters. The molecule has 0 spiro atoms. The Balaban J connectivity index is 3.00. The summed E-state index contributed by atoms with van der Waals surface area (Å²) in [4.78, 5) is 0. The van der Waals surface area contributed by atoms with E-state index in [2.05, 4.69) is 88.4 Å². The lowest BCUT2D eigenvalue weighted by Gasteiger charge is -2.19. The van der Waals surface area contributed by atoms with E-state index in [0.717, 1.165) is 0 Å². The first kappa shape index (κ1) is 42.2. The normalized spacial score (nSPS) is 12.3. The van der Waals surface area contributed by atoms with Crippen molar-refractivity contribution in [2.24, 2.45) is 0 Å². The van der Waals surface area contributed by atoms with Crippen LogP contribution in [0.5, 0.6) is 0 Å². The highest BCUT2D eigenvalue weighted by atomic mass is 14.2. The lowest BCUT2D eigenvalue weighted by molar-refractivity contribution is 0.721. The summed E-state index contributed by atoms with van der Waals surface area (Å²) >= 11 is 0. The second-order valence-electron chi connectivity index (χ2n) is 13.7.